The first-order chi connectivity index (χ1) is 8.16. The summed E-state index contributed by atoms with van der Waals surface area (Å²) in [6, 6.07) is 10.5. The first-order valence-corrected chi connectivity index (χ1v) is 5.88. The second-order valence-electron chi connectivity index (χ2n) is 4.53. The molecule has 0 bridgehead atoms. The van der Waals surface area contributed by atoms with E-state index in [0.717, 1.165) is 17.5 Å². The molecule has 0 saturated carbocycles. The van der Waals surface area contributed by atoms with E-state index in [2.05, 4.69) is 42.2 Å². The Kier molecular flexibility index (Phi) is 3.55. The third-order valence-electron chi connectivity index (χ3n) is 3.03. The van der Waals surface area contributed by atoms with Gasteiger partial charge >= 0.3 is 0 Å². The van der Waals surface area contributed by atoms with E-state index < -0.39 is 0 Å². The molecule has 0 saturated heterocycles. The fraction of sp³-hybridized carbons (Fsp3) is 0.267. The summed E-state index contributed by atoms with van der Waals surface area (Å²) in [7, 11) is 0. The number of hydrogen-bond acceptors (Lipinski definition) is 2. The minimum absolute atomic E-state index is 0.0171. The maximum absolute atomic E-state index is 6.22. The molecule has 0 aliphatic rings. The highest BCUT2D eigenvalue weighted by atomic mass is 14.7. The number of aromatic nitrogens is 1. The highest BCUT2D eigenvalue weighted by molar-refractivity contribution is 5.29. The molecule has 0 aliphatic heterocycles. The molecule has 0 amide bonds. The number of nitrogens with zero attached hydrogens (tertiary/aromatic N) is 1. The molecular weight excluding hydrogens is 208 g/mol. The quantitative estimate of drug-likeness (QED) is 0.874. The van der Waals surface area contributed by atoms with Crippen molar-refractivity contribution in [1.29, 1.82) is 0 Å². The van der Waals surface area contributed by atoms with Gasteiger partial charge in [-0.3, -0.25) is 4.98 Å². The van der Waals surface area contributed by atoms with Crippen molar-refractivity contribution in [3.8, 4) is 0 Å². The van der Waals surface area contributed by atoms with Crippen LogP contribution in [0.3, 0.4) is 0 Å². The Morgan fingerprint density at radius 2 is 1.94 bits per heavy atom. The van der Waals surface area contributed by atoms with Gasteiger partial charge in [-0.1, -0.05) is 30.3 Å². The monoisotopic (exact) mass is 226 g/mol. The van der Waals surface area contributed by atoms with Gasteiger partial charge in [0.15, 0.2) is 0 Å². The summed E-state index contributed by atoms with van der Waals surface area (Å²) in [4.78, 5) is 4.19. The van der Waals surface area contributed by atoms with Crippen molar-refractivity contribution < 1.29 is 0 Å². The van der Waals surface area contributed by atoms with Crippen molar-refractivity contribution in [3.63, 3.8) is 0 Å². The minimum Gasteiger partial charge on any atom is -0.324 e. The molecule has 0 radical (unpaired) electrons. The summed E-state index contributed by atoms with van der Waals surface area (Å²) in [6.45, 7) is 4.16. The molecule has 1 aromatic heterocycles. The smallest absolute Gasteiger partial charge is 0.0351 e. The van der Waals surface area contributed by atoms with E-state index in [0.29, 0.717) is 0 Å². The van der Waals surface area contributed by atoms with Crippen LogP contribution in [-0.2, 0) is 6.42 Å². The molecule has 1 aromatic carbocycles. The summed E-state index contributed by atoms with van der Waals surface area (Å²) < 4.78 is 0. The topological polar surface area (TPSA) is 38.9 Å². The van der Waals surface area contributed by atoms with Crippen LogP contribution in [0, 0.1) is 13.8 Å². The molecule has 0 fully saturated rings. The molecule has 88 valence electrons. The zero-order valence-electron chi connectivity index (χ0n) is 10.4. The predicted octanol–water partition coefficient (Wildman–Crippen LogP) is 2.94. The van der Waals surface area contributed by atoms with Gasteiger partial charge in [0.1, 0.15) is 0 Å². The lowest BCUT2D eigenvalue weighted by Crippen LogP contribution is -2.14. The van der Waals surface area contributed by atoms with Crippen LogP contribution in [0.4, 0.5) is 0 Å². The average Bonchev–Trinajstić information content (AvgIpc) is 2.32. The van der Waals surface area contributed by atoms with Gasteiger partial charge in [0, 0.05) is 18.4 Å². The lowest BCUT2D eigenvalue weighted by Gasteiger charge is -2.13. The lowest BCUT2D eigenvalue weighted by molar-refractivity contribution is 0.714. The van der Waals surface area contributed by atoms with Crippen molar-refractivity contribution >= 4 is 0 Å². The van der Waals surface area contributed by atoms with Crippen molar-refractivity contribution in [2.45, 2.75) is 26.3 Å². The highest BCUT2D eigenvalue weighted by Gasteiger charge is 2.08. The van der Waals surface area contributed by atoms with Gasteiger partial charge in [-0.2, -0.15) is 0 Å². The third kappa shape index (κ3) is 2.92. The first kappa shape index (κ1) is 11.8. The summed E-state index contributed by atoms with van der Waals surface area (Å²) in [5, 5.41) is 0. The number of rotatable bonds is 3. The van der Waals surface area contributed by atoms with E-state index in [1.54, 1.807) is 0 Å². The van der Waals surface area contributed by atoms with Gasteiger partial charge in [-0.15, -0.1) is 0 Å². The summed E-state index contributed by atoms with van der Waals surface area (Å²) in [5.41, 5.74) is 11.1. The summed E-state index contributed by atoms with van der Waals surface area (Å²) in [5.74, 6) is 0. The zero-order valence-corrected chi connectivity index (χ0v) is 10.4. The Morgan fingerprint density at radius 1 is 1.18 bits per heavy atom. The fourth-order valence-corrected chi connectivity index (χ4v) is 1.97. The molecular formula is C15H18N2. The van der Waals surface area contributed by atoms with Gasteiger partial charge in [0.05, 0.1) is 0 Å². The maximum atomic E-state index is 6.22. The van der Waals surface area contributed by atoms with Crippen molar-refractivity contribution in [1.82, 2.24) is 4.98 Å². The average molecular weight is 226 g/mol. The van der Waals surface area contributed by atoms with Crippen LogP contribution in [-0.4, -0.2) is 4.98 Å². The van der Waals surface area contributed by atoms with Crippen LogP contribution in [0.2, 0.25) is 0 Å². The largest absolute Gasteiger partial charge is 0.324 e. The minimum atomic E-state index is 0.0171. The van der Waals surface area contributed by atoms with E-state index in [4.69, 9.17) is 5.73 Å². The Labute approximate surface area is 103 Å². The standard InChI is InChI=1S/C15H18N2/c1-11-7-14(10-17-9-11)15(16)8-13-6-4-3-5-12(13)2/h3-7,9-10,15H,8,16H2,1-2H3. The first-order valence-electron chi connectivity index (χ1n) is 5.88. The molecule has 1 atom stereocenters. The molecule has 0 spiro atoms. The molecule has 2 aromatic rings. The molecule has 2 rings (SSSR count). The lowest BCUT2D eigenvalue weighted by atomic mass is 9.97. The normalized spacial score (nSPS) is 12.4. The molecule has 2 heteroatoms. The van der Waals surface area contributed by atoms with Crippen LogP contribution in [0.5, 0.6) is 0 Å². The number of pyridine rings is 1. The van der Waals surface area contributed by atoms with Crippen molar-refractivity contribution in [2.24, 2.45) is 5.73 Å². The summed E-state index contributed by atoms with van der Waals surface area (Å²) in [6.07, 6.45) is 4.57. The van der Waals surface area contributed by atoms with Gasteiger partial charge in [0.2, 0.25) is 0 Å². The van der Waals surface area contributed by atoms with E-state index in [9.17, 15) is 0 Å². The van der Waals surface area contributed by atoms with Crippen molar-refractivity contribution in [2.75, 3.05) is 0 Å². The third-order valence-corrected chi connectivity index (χ3v) is 3.03. The van der Waals surface area contributed by atoms with E-state index >= 15 is 0 Å². The van der Waals surface area contributed by atoms with Crippen LogP contribution < -0.4 is 5.73 Å². The van der Waals surface area contributed by atoms with Gasteiger partial charge < -0.3 is 5.73 Å². The molecule has 1 unspecified atom stereocenters. The van der Waals surface area contributed by atoms with Crippen molar-refractivity contribution in [3.05, 3.63) is 65.0 Å². The second-order valence-corrected chi connectivity index (χ2v) is 4.53. The fourth-order valence-electron chi connectivity index (χ4n) is 1.97. The maximum Gasteiger partial charge on any atom is 0.0351 e. The zero-order chi connectivity index (χ0) is 12.3. The van der Waals surface area contributed by atoms with Crippen LogP contribution in [0.15, 0.2) is 42.7 Å². The Balaban J connectivity index is 2.17. The number of benzene rings is 1. The molecule has 17 heavy (non-hydrogen) atoms. The van der Waals surface area contributed by atoms with Crippen LogP contribution >= 0.6 is 0 Å². The predicted molar refractivity (Wildman–Crippen MR) is 70.8 cm³/mol. The SMILES string of the molecule is Cc1cncc(C(N)Cc2ccccc2C)c1. The molecule has 1 heterocycles. The molecule has 2 N–H and O–H groups in total. The molecule has 0 aliphatic carbocycles. The van der Waals surface area contributed by atoms with Crippen LogP contribution in [0.1, 0.15) is 28.3 Å². The van der Waals surface area contributed by atoms with Gasteiger partial charge in [-0.05, 0) is 42.5 Å². The van der Waals surface area contributed by atoms with E-state index in [1.807, 2.05) is 19.3 Å². The number of hydrogen-bond donors (Lipinski definition) is 1. The second kappa shape index (κ2) is 5.11. The van der Waals surface area contributed by atoms with E-state index in [1.165, 1.54) is 11.1 Å². The molecule has 2 nitrogen and oxygen atoms in total. The van der Waals surface area contributed by atoms with E-state index in [-0.39, 0.29) is 6.04 Å². The number of nitrogens with two attached hydrogens (primary N) is 1. The van der Waals surface area contributed by atoms with Gasteiger partial charge in [-0.25, -0.2) is 0 Å². The Bertz CT molecular complexity index is 506. The van der Waals surface area contributed by atoms with Crippen LogP contribution in [0.25, 0.3) is 0 Å². The Hall–Kier alpha value is -1.67. The van der Waals surface area contributed by atoms with Gasteiger partial charge in [0.25, 0.3) is 0 Å². The highest BCUT2D eigenvalue weighted by Crippen LogP contribution is 2.18. The Morgan fingerprint density at radius 3 is 2.65 bits per heavy atom. The summed E-state index contributed by atoms with van der Waals surface area (Å²) >= 11 is 0. The number of aryl methyl sites for hydroxylation is 2.